The Labute approximate surface area is 105 Å². The Hall–Kier alpha value is -2.43. The summed E-state index contributed by atoms with van der Waals surface area (Å²) in [6.07, 6.45) is 1.71. The number of nitrogens with one attached hydrogen (secondary N) is 2. The maximum absolute atomic E-state index is 11.5. The summed E-state index contributed by atoms with van der Waals surface area (Å²) in [5.41, 5.74) is 6.80. The molecule has 2 aromatic rings. The Balaban J connectivity index is 1.70. The molecule has 0 fully saturated rings. The van der Waals surface area contributed by atoms with E-state index in [1.807, 2.05) is 0 Å². The highest BCUT2D eigenvalue weighted by Crippen LogP contribution is 2.12. The first-order chi connectivity index (χ1) is 8.75. The smallest absolute Gasteiger partial charge is 0.267 e. The first-order valence-electron chi connectivity index (χ1n) is 5.65. The van der Waals surface area contributed by atoms with E-state index in [0.717, 1.165) is 5.75 Å². The molecule has 0 saturated carbocycles. The quantitative estimate of drug-likeness (QED) is 0.550. The van der Waals surface area contributed by atoms with Gasteiger partial charge >= 0.3 is 0 Å². The van der Waals surface area contributed by atoms with E-state index in [2.05, 4.69) is 10.3 Å². The number of carbonyl (C=O) groups is 1. The van der Waals surface area contributed by atoms with Gasteiger partial charge in [-0.25, -0.2) is 0 Å². The molecule has 1 aromatic heterocycles. The molecule has 4 N–H and O–H groups in total. The molecule has 0 aliphatic rings. The van der Waals surface area contributed by atoms with E-state index >= 15 is 0 Å². The number of anilines is 1. The van der Waals surface area contributed by atoms with Gasteiger partial charge in [-0.3, -0.25) is 4.79 Å². The summed E-state index contributed by atoms with van der Waals surface area (Å²) in [7, 11) is 0. The monoisotopic (exact) mass is 245 g/mol. The molecule has 1 aromatic carbocycles. The molecule has 0 radical (unpaired) electrons. The number of hydrogen-bond acceptors (Lipinski definition) is 3. The molecular formula is C13H15N3O2. The lowest BCUT2D eigenvalue weighted by atomic mass is 10.3. The predicted octanol–water partition coefficient (Wildman–Crippen LogP) is 1.41. The fraction of sp³-hybridized carbons (Fsp3) is 0.154. The van der Waals surface area contributed by atoms with Crippen LogP contribution in [0.5, 0.6) is 5.75 Å². The van der Waals surface area contributed by atoms with Crippen LogP contribution in [-0.4, -0.2) is 24.0 Å². The van der Waals surface area contributed by atoms with Gasteiger partial charge in [0.25, 0.3) is 5.91 Å². The lowest BCUT2D eigenvalue weighted by Gasteiger charge is -2.07. The molecule has 18 heavy (non-hydrogen) atoms. The highest BCUT2D eigenvalue weighted by atomic mass is 16.5. The standard InChI is InChI=1S/C13H15N3O2/c14-10-3-5-11(6-4-10)18-9-8-16-13(17)12-2-1-7-15-12/h1-7,15H,8-9,14H2,(H,16,17). The number of benzene rings is 1. The van der Waals surface area contributed by atoms with Crippen LogP contribution in [0.4, 0.5) is 5.69 Å². The average Bonchev–Trinajstić information content (AvgIpc) is 2.90. The number of nitrogens with two attached hydrogens (primary N) is 1. The highest BCUT2D eigenvalue weighted by molar-refractivity contribution is 5.92. The number of aromatic amines is 1. The molecule has 0 aliphatic heterocycles. The number of aromatic nitrogens is 1. The highest BCUT2D eigenvalue weighted by Gasteiger charge is 2.04. The van der Waals surface area contributed by atoms with Crippen LogP contribution in [0.15, 0.2) is 42.6 Å². The summed E-state index contributed by atoms with van der Waals surface area (Å²) in [5, 5.41) is 2.75. The average molecular weight is 245 g/mol. The number of ether oxygens (including phenoxy) is 1. The second-order valence-electron chi connectivity index (χ2n) is 3.76. The zero-order valence-corrected chi connectivity index (χ0v) is 9.85. The van der Waals surface area contributed by atoms with Crippen molar-refractivity contribution >= 4 is 11.6 Å². The third-order valence-corrected chi connectivity index (χ3v) is 2.38. The largest absolute Gasteiger partial charge is 0.492 e. The van der Waals surface area contributed by atoms with Crippen molar-refractivity contribution in [2.45, 2.75) is 0 Å². The zero-order valence-electron chi connectivity index (χ0n) is 9.85. The Morgan fingerprint density at radius 2 is 2.06 bits per heavy atom. The first kappa shape index (κ1) is 12.0. The van der Waals surface area contributed by atoms with Crippen molar-refractivity contribution in [2.75, 3.05) is 18.9 Å². The van der Waals surface area contributed by atoms with Gasteiger partial charge in [-0.15, -0.1) is 0 Å². The normalized spacial score (nSPS) is 10.0. The van der Waals surface area contributed by atoms with Crippen molar-refractivity contribution < 1.29 is 9.53 Å². The SMILES string of the molecule is Nc1ccc(OCCNC(=O)c2ccc[nH]2)cc1. The van der Waals surface area contributed by atoms with Gasteiger partial charge in [-0.1, -0.05) is 0 Å². The number of H-pyrrole nitrogens is 1. The number of carbonyl (C=O) groups excluding carboxylic acids is 1. The number of nitrogen functional groups attached to an aromatic ring is 1. The van der Waals surface area contributed by atoms with Gasteiger partial charge in [0.1, 0.15) is 18.1 Å². The van der Waals surface area contributed by atoms with E-state index < -0.39 is 0 Å². The molecule has 0 spiro atoms. The molecule has 0 unspecified atom stereocenters. The van der Waals surface area contributed by atoms with Crippen molar-refractivity contribution in [3.05, 3.63) is 48.3 Å². The molecule has 2 rings (SSSR count). The van der Waals surface area contributed by atoms with Gasteiger partial charge in [-0.2, -0.15) is 0 Å². The van der Waals surface area contributed by atoms with E-state index in [9.17, 15) is 4.79 Å². The predicted molar refractivity (Wildman–Crippen MR) is 69.5 cm³/mol. The second-order valence-corrected chi connectivity index (χ2v) is 3.76. The Kier molecular flexibility index (Phi) is 3.86. The van der Waals surface area contributed by atoms with Crippen LogP contribution in [0.25, 0.3) is 0 Å². The van der Waals surface area contributed by atoms with Crippen LogP contribution in [0.2, 0.25) is 0 Å². The molecule has 1 heterocycles. The minimum absolute atomic E-state index is 0.138. The van der Waals surface area contributed by atoms with Crippen LogP contribution in [0.3, 0.4) is 0 Å². The summed E-state index contributed by atoms with van der Waals surface area (Å²) >= 11 is 0. The summed E-state index contributed by atoms with van der Waals surface area (Å²) in [6, 6.07) is 10.6. The number of rotatable bonds is 5. The molecule has 0 atom stereocenters. The molecule has 0 bridgehead atoms. The van der Waals surface area contributed by atoms with E-state index in [1.54, 1.807) is 42.6 Å². The molecule has 5 heteroatoms. The van der Waals surface area contributed by atoms with Gasteiger partial charge in [0.05, 0.1) is 6.54 Å². The molecule has 5 nitrogen and oxygen atoms in total. The van der Waals surface area contributed by atoms with Gasteiger partial charge in [0, 0.05) is 11.9 Å². The fourth-order valence-corrected chi connectivity index (χ4v) is 1.46. The van der Waals surface area contributed by atoms with Crippen molar-refractivity contribution in [2.24, 2.45) is 0 Å². The Bertz CT molecular complexity index is 491. The zero-order chi connectivity index (χ0) is 12.8. The summed E-state index contributed by atoms with van der Waals surface area (Å²) in [4.78, 5) is 14.4. The molecule has 0 saturated heterocycles. The topological polar surface area (TPSA) is 80.1 Å². The minimum Gasteiger partial charge on any atom is -0.492 e. The fourth-order valence-electron chi connectivity index (χ4n) is 1.46. The van der Waals surface area contributed by atoms with Crippen LogP contribution in [0, 0.1) is 0 Å². The summed E-state index contributed by atoms with van der Waals surface area (Å²) < 4.78 is 5.45. The minimum atomic E-state index is -0.138. The Morgan fingerprint density at radius 1 is 1.28 bits per heavy atom. The van der Waals surface area contributed by atoms with Gasteiger partial charge in [0.2, 0.25) is 0 Å². The van der Waals surface area contributed by atoms with E-state index in [-0.39, 0.29) is 5.91 Å². The molecule has 1 amide bonds. The molecular weight excluding hydrogens is 230 g/mol. The van der Waals surface area contributed by atoms with Crippen molar-refractivity contribution in [3.8, 4) is 5.75 Å². The first-order valence-corrected chi connectivity index (χ1v) is 5.65. The number of amides is 1. The van der Waals surface area contributed by atoms with E-state index in [0.29, 0.717) is 24.5 Å². The Morgan fingerprint density at radius 3 is 2.72 bits per heavy atom. The van der Waals surface area contributed by atoms with Crippen molar-refractivity contribution in [1.29, 1.82) is 0 Å². The lowest BCUT2D eigenvalue weighted by molar-refractivity contribution is 0.0942. The maximum atomic E-state index is 11.5. The summed E-state index contributed by atoms with van der Waals surface area (Å²) in [5.74, 6) is 0.597. The lowest BCUT2D eigenvalue weighted by Crippen LogP contribution is -2.28. The van der Waals surface area contributed by atoms with Gasteiger partial charge in [-0.05, 0) is 36.4 Å². The molecule has 0 aliphatic carbocycles. The van der Waals surface area contributed by atoms with Crippen molar-refractivity contribution in [3.63, 3.8) is 0 Å². The van der Waals surface area contributed by atoms with Crippen LogP contribution in [-0.2, 0) is 0 Å². The number of hydrogen-bond donors (Lipinski definition) is 3. The molecule has 94 valence electrons. The van der Waals surface area contributed by atoms with Crippen LogP contribution >= 0.6 is 0 Å². The van der Waals surface area contributed by atoms with E-state index in [1.165, 1.54) is 0 Å². The summed E-state index contributed by atoms with van der Waals surface area (Å²) in [6.45, 7) is 0.860. The second kappa shape index (κ2) is 5.77. The maximum Gasteiger partial charge on any atom is 0.267 e. The van der Waals surface area contributed by atoms with Crippen LogP contribution in [0.1, 0.15) is 10.5 Å². The third-order valence-electron chi connectivity index (χ3n) is 2.38. The third kappa shape index (κ3) is 3.28. The van der Waals surface area contributed by atoms with Gasteiger partial charge in [0.15, 0.2) is 0 Å². The van der Waals surface area contributed by atoms with E-state index in [4.69, 9.17) is 10.5 Å². The van der Waals surface area contributed by atoms with Crippen molar-refractivity contribution in [1.82, 2.24) is 10.3 Å². The van der Waals surface area contributed by atoms with Gasteiger partial charge < -0.3 is 20.8 Å². The van der Waals surface area contributed by atoms with Crippen LogP contribution < -0.4 is 15.8 Å².